The number of carbonyl (C=O) groups excluding carboxylic acids is 1. The fourth-order valence-electron chi connectivity index (χ4n) is 3.23. The summed E-state index contributed by atoms with van der Waals surface area (Å²) in [7, 11) is 1.24. The van der Waals surface area contributed by atoms with Crippen molar-refractivity contribution in [2.75, 3.05) is 19.4 Å². The first-order valence-electron chi connectivity index (χ1n) is 9.35. The Morgan fingerprint density at radius 2 is 1.97 bits per heavy atom. The number of fused-ring (bicyclic) bond motifs is 1. The number of benzene rings is 1. The summed E-state index contributed by atoms with van der Waals surface area (Å²) in [6, 6.07) is 6.75. The van der Waals surface area contributed by atoms with Crippen LogP contribution in [0.5, 0.6) is 0 Å². The quantitative estimate of drug-likeness (QED) is 0.632. The van der Waals surface area contributed by atoms with Crippen molar-refractivity contribution < 1.29 is 13.2 Å². The number of imidazole rings is 1. The number of nitrogens with one attached hydrogen (secondary N) is 1. The van der Waals surface area contributed by atoms with E-state index in [9.17, 15) is 13.2 Å². The molecule has 2 heterocycles. The van der Waals surface area contributed by atoms with Crippen LogP contribution in [-0.2, 0) is 34.8 Å². The van der Waals surface area contributed by atoms with Crippen molar-refractivity contribution in [3.63, 3.8) is 0 Å². The predicted octanol–water partition coefficient (Wildman–Crippen LogP) is 1.92. The van der Waals surface area contributed by atoms with Crippen LogP contribution in [0.2, 0.25) is 0 Å². The number of amides is 1. The number of carbonyl (C=O) groups is 1. The number of rotatable bonds is 7. The lowest BCUT2D eigenvalue weighted by Gasteiger charge is -2.11. The minimum absolute atomic E-state index is 0.126. The van der Waals surface area contributed by atoms with Crippen molar-refractivity contribution in [3.8, 4) is 0 Å². The molecule has 156 valence electrons. The van der Waals surface area contributed by atoms with Crippen LogP contribution in [0.25, 0.3) is 11.0 Å². The second-order valence-corrected chi connectivity index (χ2v) is 9.20. The van der Waals surface area contributed by atoms with E-state index in [-0.39, 0.29) is 17.2 Å². The summed E-state index contributed by atoms with van der Waals surface area (Å²) in [5.74, 6) is 1.27. The molecule has 1 N–H and O–H groups in total. The molecule has 0 saturated heterocycles. The first-order chi connectivity index (χ1) is 13.6. The highest BCUT2D eigenvalue weighted by molar-refractivity contribution is 7.89. The molecule has 0 bridgehead atoms. The number of anilines is 1. The standard InChI is InChI=1S/C19H26N6O3S/c1-6-25-16-8-7-14(29(27,28)23(3)4)12-15(16)20-17(25)9-10-19(26)21-18-11-13(2)22-24(18)5/h7-8,11-12H,6,9-10H2,1-5H3,(H,21,26). The van der Waals surface area contributed by atoms with Crippen molar-refractivity contribution in [1.82, 2.24) is 23.6 Å². The summed E-state index contributed by atoms with van der Waals surface area (Å²) in [6.07, 6.45) is 0.706. The maximum Gasteiger partial charge on any atom is 0.242 e. The molecular formula is C19H26N6O3S. The second-order valence-electron chi connectivity index (χ2n) is 7.05. The summed E-state index contributed by atoms with van der Waals surface area (Å²) in [4.78, 5) is 17.1. The molecule has 29 heavy (non-hydrogen) atoms. The fourth-order valence-corrected chi connectivity index (χ4v) is 4.15. The maximum atomic E-state index is 12.4. The third kappa shape index (κ3) is 4.18. The predicted molar refractivity (Wildman–Crippen MR) is 111 cm³/mol. The number of nitrogens with zero attached hydrogens (tertiary/aromatic N) is 5. The van der Waals surface area contributed by atoms with Gasteiger partial charge in [0.15, 0.2) is 0 Å². The van der Waals surface area contributed by atoms with E-state index in [1.165, 1.54) is 18.4 Å². The second kappa shape index (κ2) is 7.96. The van der Waals surface area contributed by atoms with Gasteiger partial charge in [0.25, 0.3) is 0 Å². The molecule has 0 unspecified atom stereocenters. The number of hydrogen-bond donors (Lipinski definition) is 1. The minimum atomic E-state index is -3.53. The van der Waals surface area contributed by atoms with Gasteiger partial charge in [0.05, 0.1) is 21.6 Å². The molecule has 0 fully saturated rings. The molecular weight excluding hydrogens is 392 g/mol. The topological polar surface area (TPSA) is 102 Å². The summed E-state index contributed by atoms with van der Waals surface area (Å²) in [5, 5.41) is 7.07. The molecule has 10 heteroatoms. The molecule has 9 nitrogen and oxygen atoms in total. The van der Waals surface area contributed by atoms with E-state index in [1.807, 2.05) is 24.5 Å². The summed E-state index contributed by atoms with van der Waals surface area (Å²) in [6.45, 7) is 4.53. The number of sulfonamides is 1. The van der Waals surface area contributed by atoms with E-state index in [1.54, 1.807) is 29.9 Å². The van der Waals surface area contributed by atoms with Crippen molar-refractivity contribution in [2.45, 2.75) is 38.1 Å². The largest absolute Gasteiger partial charge is 0.328 e. The normalized spacial score (nSPS) is 12.1. The zero-order chi connectivity index (χ0) is 21.3. The van der Waals surface area contributed by atoms with Gasteiger partial charge in [-0.1, -0.05) is 0 Å². The SMILES string of the molecule is CCn1c(CCC(=O)Nc2cc(C)nn2C)nc2cc(S(=O)(=O)N(C)C)ccc21. The monoisotopic (exact) mass is 418 g/mol. The molecule has 3 aromatic rings. The van der Waals surface area contributed by atoms with Gasteiger partial charge in [-0.15, -0.1) is 0 Å². The summed E-state index contributed by atoms with van der Waals surface area (Å²) < 4.78 is 29.6. The lowest BCUT2D eigenvalue weighted by atomic mass is 10.2. The molecule has 0 aliphatic rings. The molecule has 3 rings (SSSR count). The zero-order valence-electron chi connectivity index (χ0n) is 17.3. The van der Waals surface area contributed by atoms with Gasteiger partial charge >= 0.3 is 0 Å². The third-order valence-corrected chi connectivity index (χ3v) is 6.55. The Bertz CT molecular complexity index is 1160. The van der Waals surface area contributed by atoms with E-state index in [0.29, 0.717) is 24.3 Å². The number of hydrogen-bond acceptors (Lipinski definition) is 5. The van der Waals surface area contributed by atoms with Gasteiger partial charge in [-0.2, -0.15) is 5.10 Å². The average Bonchev–Trinajstić information content (AvgIpc) is 3.17. The van der Waals surface area contributed by atoms with Crippen LogP contribution < -0.4 is 5.32 Å². The van der Waals surface area contributed by atoms with Crippen LogP contribution in [0.4, 0.5) is 5.82 Å². The van der Waals surface area contributed by atoms with Gasteiger partial charge in [0, 0.05) is 46.6 Å². The lowest BCUT2D eigenvalue weighted by molar-refractivity contribution is -0.116. The van der Waals surface area contributed by atoms with Gasteiger partial charge in [-0.25, -0.2) is 17.7 Å². The van der Waals surface area contributed by atoms with Crippen LogP contribution >= 0.6 is 0 Å². The highest BCUT2D eigenvalue weighted by atomic mass is 32.2. The van der Waals surface area contributed by atoms with E-state index in [0.717, 1.165) is 17.0 Å². The first-order valence-corrected chi connectivity index (χ1v) is 10.8. The molecule has 0 atom stereocenters. The van der Waals surface area contributed by atoms with Crippen LogP contribution in [-0.4, -0.2) is 52.1 Å². The van der Waals surface area contributed by atoms with Crippen LogP contribution in [0.3, 0.4) is 0 Å². The van der Waals surface area contributed by atoms with E-state index in [4.69, 9.17) is 0 Å². The van der Waals surface area contributed by atoms with E-state index < -0.39 is 10.0 Å². The molecule has 0 spiro atoms. The summed E-state index contributed by atoms with van der Waals surface area (Å²) in [5.41, 5.74) is 2.29. The van der Waals surface area contributed by atoms with E-state index >= 15 is 0 Å². The summed E-state index contributed by atoms with van der Waals surface area (Å²) >= 11 is 0. The van der Waals surface area contributed by atoms with Gasteiger partial charge < -0.3 is 9.88 Å². The molecule has 1 amide bonds. The van der Waals surface area contributed by atoms with Gasteiger partial charge in [-0.05, 0) is 32.0 Å². The smallest absolute Gasteiger partial charge is 0.242 e. The molecule has 1 aromatic carbocycles. The Hall–Kier alpha value is -2.72. The van der Waals surface area contributed by atoms with Gasteiger partial charge in [-0.3, -0.25) is 9.48 Å². The highest BCUT2D eigenvalue weighted by Gasteiger charge is 2.20. The van der Waals surface area contributed by atoms with Gasteiger partial charge in [0.1, 0.15) is 11.6 Å². The minimum Gasteiger partial charge on any atom is -0.328 e. The first kappa shape index (κ1) is 21.0. The highest BCUT2D eigenvalue weighted by Crippen LogP contribution is 2.23. The Morgan fingerprint density at radius 3 is 2.55 bits per heavy atom. The Kier molecular flexibility index (Phi) is 5.76. The zero-order valence-corrected chi connectivity index (χ0v) is 18.1. The van der Waals surface area contributed by atoms with Crippen LogP contribution in [0.1, 0.15) is 24.9 Å². The number of aryl methyl sites for hydroxylation is 4. The Labute approximate surface area is 170 Å². The van der Waals surface area contributed by atoms with E-state index in [2.05, 4.69) is 15.4 Å². The van der Waals surface area contributed by atoms with Crippen molar-refractivity contribution in [2.24, 2.45) is 7.05 Å². The Morgan fingerprint density at radius 1 is 1.24 bits per heavy atom. The number of aromatic nitrogens is 4. The molecule has 0 aliphatic carbocycles. The average molecular weight is 419 g/mol. The third-order valence-electron chi connectivity index (χ3n) is 4.74. The van der Waals surface area contributed by atoms with Crippen LogP contribution in [0.15, 0.2) is 29.2 Å². The molecule has 0 saturated carbocycles. The Balaban J connectivity index is 1.82. The van der Waals surface area contributed by atoms with Crippen molar-refractivity contribution in [1.29, 1.82) is 0 Å². The van der Waals surface area contributed by atoms with Crippen molar-refractivity contribution in [3.05, 3.63) is 35.8 Å². The fraction of sp³-hybridized carbons (Fsp3) is 0.421. The molecule has 0 aliphatic heterocycles. The maximum absolute atomic E-state index is 12.4. The van der Waals surface area contributed by atoms with Crippen LogP contribution in [0, 0.1) is 6.92 Å². The van der Waals surface area contributed by atoms with Crippen molar-refractivity contribution >= 4 is 32.8 Å². The van der Waals surface area contributed by atoms with Gasteiger partial charge in [0.2, 0.25) is 15.9 Å². The molecule has 2 aromatic heterocycles. The lowest BCUT2D eigenvalue weighted by Crippen LogP contribution is -2.22. The molecule has 0 radical (unpaired) electrons.